The van der Waals surface area contributed by atoms with Gasteiger partial charge in [0, 0.05) is 18.9 Å². The number of urea groups is 1. The zero-order valence-corrected chi connectivity index (χ0v) is 20.1. The lowest BCUT2D eigenvalue weighted by atomic mass is 10.1. The number of primary amides is 1. The monoisotopic (exact) mass is 490 g/mol. The minimum Gasteiger partial charge on any atom is -0.494 e. The van der Waals surface area contributed by atoms with E-state index in [1.165, 1.54) is 19.4 Å². The molecule has 3 N–H and O–H groups in total. The van der Waals surface area contributed by atoms with Crippen molar-refractivity contribution in [2.45, 2.75) is 20.0 Å². The Hall–Kier alpha value is -4.08. The van der Waals surface area contributed by atoms with Gasteiger partial charge in [-0.25, -0.2) is 9.79 Å². The molecule has 1 aromatic carbocycles. The van der Waals surface area contributed by atoms with Gasteiger partial charge >= 0.3 is 12.2 Å². The van der Waals surface area contributed by atoms with E-state index in [2.05, 4.69) is 28.5 Å². The van der Waals surface area contributed by atoms with Gasteiger partial charge in [0.05, 0.1) is 29.7 Å². The topological polar surface area (TPSA) is 98.3 Å². The van der Waals surface area contributed by atoms with Crippen LogP contribution >= 0.6 is 0 Å². The number of carbonyl (C=O) groups is 1. The maximum absolute atomic E-state index is 12.8. The summed E-state index contributed by atoms with van der Waals surface area (Å²) < 4.78 is 49.5. The summed E-state index contributed by atoms with van der Waals surface area (Å²) in [7, 11) is 3.01. The molecular formula is C25H29F3N4O3. The highest BCUT2D eigenvalue weighted by Gasteiger charge is 2.30. The second-order valence-electron chi connectivity index (χ2n) is 7.11. The van der Waals surface area contributed by atoms with Crippen LogP contribution in [0.4, 0.5) is 23.7 Å². The summed E-state index contributed by atoms with van der Waals surface area (Å²) >= 11 is 0. The Kier molecular flexibility index (Phi) is 11.2. The maximum Gasteiger partial charge on any atom is 0.416 e. The van der Waals surface area contributed by atoms with E-state index in [0.29, 0.717) is 28.1 Å². The minimum absolute atomic E-state index is 0.0509. The van der Waals surface area contributed by atoms with Gasteiger partial charge in [-0.05, 0) is 49.3 Å². The van der Waals surface area contributed by atoms with E-state index >= 15 is 0 Å². The standard InChI is InChI=1S/C25H29F3N4O3/c1-7-20(25(26,27)28)11-8-17(3)35-15-16(2)22(14-30-5)23(34-6)31-18(4)19-9-12-21(13-10-19)32-24(29)33/h7-14H,1,4,15H2,2-3,5-6H3,(H3,29,32,33)/b17-8+,20-11+,22-16-,30-14?,31-23?. The molecule has 0 saturated carbocycles. The predicted octanol–water partition coefficient (Wildman–Crippen LogP) is 5.81. The molecule has 0 aliphatic heterocycles. The number of methoxy groups -OCH3 is 1. The number of nitrogens with two attached hydrogens (primary N) is 1. The molecule has 0 bridgehead atoms. The Balaban J connectivity index is 3.13. The second-order valence-corrected chi connectivity index (χ2v) is 7.11. The van der Waals surface area contributed by atoms with Crippen LogP contribution in [0.25, 0.3) is 5.70 Å². The first kappa shape index (κ1) is 29.0. The van der Waals surface area contributed by atoms with Crippen LogP contribution in [0, 0.1) is 0 Å². The van der Waals surface area contributed by atoms with Crippen molar-refractivity contribution in [3.05, 3.63) is 83.7 Å². The molecule has 1 rings (SSSR count). The van der Waals surface area contributed by atoms with Gasteiger partial charge in [-0.3, -0.25) is 4.99 Å². The fourth-order valence-electron chi connectivity index (χ4n) is 2.60. The van der Waals surface area contributed by atoms with Gasteiger partial charge in [-0.2, -0.15) is 13.2 Å². The molecule has 10 heteroatoms. The Labute approximate surface area is 202 Å². The number of aliphatic imine (C=N–C) groups is 2. The van der Waals surface area contributed by atoms with Crippen molar-refractivity contribution in [2.24, 2.45) is 15.7 Å². The summed E-state index contributed by atoms with van der Waals surface area (Å²) in [6.45, 7) is 10.5. The third kappa shape index (κ3) is 9.75. The van der Waals surface area contributed by atoms with E-state index in [-0.39, 0.29) is 18.3 Å². The number of rotatable bonds is 10. The average Bonchev–Trinajstić information content (AvgIpc) is 2.79. The van der Waals surface area contributed by atoms with Gasteiger partial charge in [0.2, 0.25) is 5.90 Å². The molecule has 1 aromatic rings. The molecular weight excluding hydrogens is 461 g/mol. The van der Waals surface area contributed by atoms with Crippen LogP contribution in [0.1, 0.15) is 19.4 Å². The average molecular weight is 491 g/mol. The number of carbonyl (C=O) groups excluding carboxylic acids is 1. The van der Waals surface area contributed by atoms with Crippen molar-refractivity contribution < 1.29 is 27.4 Å². The Morgan fingerprint density at radius 1 is 1.20 bits per heavy atom. The van der Waals surface area contributed by atoms with Crippen LogP contribution < -0.4 is 11.1 Å². The lowest BCUT2D eigenvalue weighted by Crippen LogP contribution is -2.19. The summed E-state index contributed by atoms with van der Waals surface area (Å²) in [5, 5.41) is 2.46. The molecule has 0 saturated heterocycles. The normalized spacial score (nSPS) is 13.9. The van der Waals surface area contributed by atoms with Crippen molar-refractivity contribution >= 4 is 29.5 Å². The molecule has 0 aliphatic rings. The van der Waals surface area contributed by atoms with Gasteiger partial charge in [0.15, 0.2) is 0 Å². The number of anilines is 1. The van der Waals surface area contributed by atoms with Crippen molar-refractivity contribution in [3.63, 3.8) is 0 Å². The SMILES string of the molecule is C=C/C(=C\C=C(/C)OC/C(C)=C(/C=NC)C(=NC(=C)c1ccc(NC(N)=O)cc1)OC)C(F)(F)F. The van der Waals surface area contributed by atoms with Gasteiger partial charge < -0.3 is 20.5 Å². The third-order valence-electron chi connectivity index (χ3n) is 4.43. The molecule has 35 heavy (non-hydrogen) atoms. The number of amides is 2. The molecule has 188 valence electrons. The van der Waals surface area contributed by atoms with Gasteiger partial charge in [0.1, 0.15) is 6.61 Å². The number of hydrogen-bond acceptors (Lipinski definition) is 5. The summed E-state index contributed by atoms with van der Waals surface area (Å²) in [5.74, 6) is 0.485. The molecule has 7 nitrogen and oxygen atoms in total. The van der Waals surface area contributed by atoms with Crippen LogP contribution in [0.5, 0.6) is 0 Å². The number of halogens is 3. The first-order chi connectivity index (χ1) is 16.4. The second kappa shape index (κ2) is 13.6. The number of ether oxygens (including phenoxy) is 2. The number of nitrogens with zero attached hydrogens (tertiary/aromatic N) is 2. The highest BCUT2D eigenvalue weighted by atomic mass is 19.4. The fourth-order valence-corrected chi connectivity index (χ4v) is 2.60. The van der Waals surface area contributed by atoms with Crippen molar-refractivity contribution in [3.8, 4) is 0 Å². The lowest BCUT2D eigenvalue weighted by molar-refractivity contribution is -0.0881. The molecule has 0 spiro atoms. The number of nitrogens with one attached hydrogen (secondary N) is 1. The Bertz CT molecular complexity index is 1080. The molecule has 0 heterocycles. The molecule has 0 atom stereocenters. The summed E-state index contributed by atoms with van der Waals surface area (Å²) in [6.07, 6.45) is -0.112. The third-order valence-corrected chi connectivity index (χ3v) is 4.43. The van der Waals surface area contributed by atoms with E-state index in [9.17, 15) is 18.0 Å². The Morgan fingerprint density at radius 3 is 2.31 bits per heavy atom. The van der Waals surface area contributed by atoms with Crippen LogP contribution in [0.3, 0.4) is 0 Å². The highest BCUT2D eigenvalue weighted by molar-refractivity contribution is 6.14. The summed E-state index contributed by atoms with van der Waals surface area (Å²) in [4.78, 5) is 19.4. The van der Waals surface area contributed by atoms with Gasteiger partial charge in [0.25, 0.3) is 0 Å². The molecule has 0 aliphatic carbocycles. The van der Waals surface area contributed by atoms with Crippen molar-refractivity contribution in [2.75, 3.05) is 26.1 Å². The van der Waals surface area contributed by atoms with Crippen LogP contribution in [-0.2, 0) is 9.47 Å². The van der Waals surface area contributed by atoms with E-state index in [0.717, 1.165) is 12.2 Å². The van der Waals surface area contributed by atoms with Crippen LogP contribution in [0.2, 0.25) is 0 Å². The summed E-state index contributed by atoms with van der Waals surface area (Å²) in [6, 6.07) is 6.04. The minimum atomic E-state index is -4.50. The van der Waals surface area contributed by atoms with Crippen LogP contribution in [-0.4, -0.2) is 45.1 Å². The highest BCUT2D eigenvalue weighted by Crippen LogP contribution is 2.26. The number of hydrogen-bond donors (Lipinski definition) is 2. The van der Waals surface area contributed by atoms with Crippen LogP contribution in [0.15, 0.2) is 88.1 Å². The first-order valence-electron chi connectivity index (χ1n) is 10.2. The van der Waals surface area contributed by atoms with E-state index in [4.69, 9.17) is 15.2 Å². The van der Waals surface area contributed by atoms with Gasteiger partial charge in [-0.1, -0.05) is 31.4 Å². The Morgan fingerprint density at radius 2 is 1.83 bits per heavy atom. The number of allylic oxidation sites excluding steroid dienone is 5. The smallest absolute Gasteiger partial charge is 0.416 e. The van der Waals surface area contributed by atoms with Crippen molar-refractivity contribution in [1.82, 2.24) is 0 Å². The molecule has 0 unspecified atom stereocenters. The molecule has 0 radical (unpaired) electrons. The summed E-state index contributed by atoms with van der Waals surface area (Å²) in [5.41, 5.74) is 6.99. The largest absolute Gasteiger partial charge is 0.494 e. The van der Waals surface area contributed by atoms with Crippen molar-refractivity contribution in [1.29, 1.82) is 0 Å². The lowest BCUT2D eigenvalue weighted by Gasteiger charge is -2.13. The molecule has 2 amide bonds. The first-order valence-corrected chi connectivity index (χ1v) is 10.2. The van der Waals surface area contributed by atoms with E-state index in [1.54, 1.807) is 45.2 Å². The van der Waals surface area contributed by atoms with E-state index in [1.807, 2.05) is 0 Å². The zero-order valence-electron chi connectivity index (χ0n) is 20.1. The number of benzene rings is 1. The molecule has 0 aromatic heterocycles. The fraction of sp³-hybridized carbons (Fsp3) is 0.240. The number of alkyl halides is 3. The zero-order chi connectivity index (χ0) is 26.6. The van der Waals surface area contributed by atoms with Gasteiger partial charge in [-0.15, -0.1) is 0 Å². The molecule has 0 fully saturated rings. The quantitative estimate of drug-likeness (QED) is 0.188. The van der Waals surface area contributed by atoms with E-state index < -0.39 is 17.8 Å². The predicted molar refractivity (Wildman–Crippen MR) is 134 cm³/mol. The maximum atomic E-state index is 12.8.